The maximum atomic E-state index is 12.7. The zero-order valence-corrected chi connectivity index (χ0v) is 12.9. The van der Waals surface area contributed by atoms with Gasteiger partial charge in [-0.1, -0.05) is 0 Å². The van der Waals surface area contributed by atoms with Gasteiger partial charge < -0.3 is 14.8 Å². The molecule has 2 N–H and O–H groups in total. The summed E-state index contributed by atoms with van der Waals surface area (Å²) in [5, 5.41) is 10.1. The third-order valence-electron chi connectivity index (χ3n) is 3.72. The summed E-state index contributed by atoms with van der Waals surface area (Å²) in [6, 6.07) is -0.0504. The van der Waals surface area contributed by atoms with Gasteiger partial charge in [-0.2, -0.15) is 5.10 Å². The van der Waals surface area contributed by atoms with E-state index >= 15 is 0 Å². The number of nitrogens with one attached hydrogen (secondary N) is 2. The maximum absolute atomic E-state index is 12.7. The Hall–Kier alpha value is -1.86. The molecule has 0 spiro atoms. The van der Waals surface area contributed by atoms with E-state index in [-0.39, 0.29) is 24.4 Å². The zero-order valence-electron chi connectivity index (χ0n) is 12.0. The number of carbonyl (C=O) groups excluding carboxylic acids is 1. The zero-order chi connectivity index (χ0) is 14.1. The summed E-state index contributed by atoms with van der Waals surface area (Å²) < 4.78 is 1.96. The van der Waals surface area contributed by atoms with Crippen LogP contribution < -0.4 is 5.32 Å². The molecule has 8 heteroatoms. The topological polar surface area (TPSA) is 78.8 Å². The van der Waals surface area contributed by atoms with Crippen LogP contribution in [0.1, 0.15) is 27.9 Å². The molecule has 1 aliphatic heterocycles. The first-order valence-electron chi connectivity index (χ1n) is 6.67. The molecule has 114 valence electrons. The molecule has 1 unspecified atom stereocenters. The SMILES string of the molecule is Cc1[nH]ncc1C(=O)N1CCNCC1c1nccn1C.Cl. The molecule has 1 fully saturated rings. The highest BCUT2D eigenvalue weighted by Crippen LogP contribution is 2.23. The minimum atomic E-state index is -0.0504. The Kier molecular flexibility index (Phi) is 4.64. The first-order chi connectivity index (χ1) is 9.68. The van der Waals surface area contributed by atoms with Crippen molar-refractivity contribution in [1.29, 1.82) is 0 Å². The molecule has 3 heterocycles. The lowest BCUT2D eigenvalue weighted by Crippen LogP contribution is -2.49. The minimum Gasteiger partial charge on any atom is -0.336 e. The van der Waals surface area contributed by atoms with Crippen LogP contribution in [-0.2, 0) is 7.05 Å². The van der Waals surface area contributed by atoms with Crippen LogP contribution in [0.5, 0.6) is 0 Å². The van der Waals surface area contributed by atoms with Crippen LogP contribution in [0.2, 0.25) is 0 Å². The van der Waals surface area contributed by atoms with Gasteiger partial charge in [0.05, 0.1) is 11.8 Å². The molecule has 0 radical (unpaired) electrons. The molecular weight excluding hydrogens is 292 g/mol. The second kappa shape index (κ2) is 6.28. The highest BCUT2D eigenvalue weighted by Gasteiger charge is 2.31. The molecule has 7 nitrogen and oxygen atoms in total. The number of aromatic nitrogens is 4. The lowest BCUT2D eigenvalue weighted by molar-refractivity contribution is 0.0620. The van der Waals surface area contributed by atoms with Gasteiger partial charge in [0, 0.05) is 44.8 Å². The third-order valence-corrected chi connectivity index (χ3v) is 3.72. The van der Waals surface area contributed by atoms with Crippen molar-refractivity contribution < 1.29 is 4.79 Å². The van der Waals surface area contributed by atoms with E-state index in [1.165, 1.54) is 0 Å². The van der Waals surface area contributed by atoms with Crippen molar-refractivity contribution in [2.24, 2.45) is 7.05 Å². The summed E-state index contributed by atoms with van der Waals surface area (Å²) in [6.45, 7) is 4.04. The summed E-state index contributed by atoms with van der Waals surface area (Å²) in [5.74, 6) is 0.900. The van der Waals surface area contributed by atoms with Crippen LogP contribution in [0.15, 0.2) is 18.6 Å². The number of carbonyl (C=O) groups is 1. The van der Waals surface area contributed by atoms with E-state index < -0.39 is 0 Å². The van der Waals surface area contributed by atoms with Crippen molar-refractivity contribution in [3.8, 4) is 0 Å². The molecule has 0 saturated carbocycles. The minimum absolute atomic E-state index is 0. The number of imidazole rings is 1. The van der Waals surface area contributed by atoms with E-state index in [0.717, 1.165) is 18.1 Å². The van der Waals surface area contributed by atoms with E-state index in [9.17, 15) is 4.79 Å². The Labute approximate surface area is 129 Å². The van der Waals surface area contributed by atoms with Gasteiger partial charge in [-0.15, -0.1) is 12.4 Å². The van der Waals surface area contributed by atoms with Crippen LogP contribution in [-0.4, -0.2) is 50.2 Å². The Morgan fingerprint density at radius 3 is 2.90 bits per heavy atom. The molecule has 0 aromatic carbocycles. The molecule has 2 aromatic rings. The molecule has 0 bridgehead atoms. The van der Waals surface area contributed by atoms with E-state index in [2.05, 4.69) is 20.5 Å². The van der Waals surface area contributed by atoms with Crippen molar-refractivity contribution in [1.82, 2.24) is 30.0 Å². The van der Waals surface area contributed by atoms with Crippen molar-refractivity contribution >= 4 is 18.3 Å². The first kappa shape index (κ1) is 15.5. The Morgan fingerprint density at radius 1 is 1.48 bits per heavy atom. The van der Waals surface area contributed by atoms with E-state index in [0.29, 0.717) is 18.7 Å². The van der Waals surface area contributed by atoms with Gasteiger partial charge in [0.1, 0.15) is 11.9 Å². The van der Waals surface area contributed by atoms with E-state index in [1.807, 2.05) is 29.6 Å². The number of rotatable bonds is 2. The van der Waals surface area contributed by atoms with Crippen molar-refractivity contribution in [2.45, 2.75) is 13.0 Å². The monoisotopic (exact) mass is 310 g/mol. The predicted molar refractivity (Wildman–Crippen MR) is 80.4 cm³/mol. The fraction of sp³-hybridized carbons (Fsp3) is 0.462. The molecule has 1 atom stereocenters. The third kappa shape index (κ3) is 2.79. The molecule has 0 aliphatic carbocycles. The maximum Gasteiger partial charge on any atom is 0.258 e. The van der Waals surface area contributed by atoms with Gasteiger partial charge in [0.2, 0.25) is 0 Å². The summed E-state index contributed by atoms with van der Waals surface area (Å²) in [6.07, 6.45) is 5.25. The number of piperazine rings is 1. The van der Waals surface area contributed by atoms with Crippen LogP contribution in [0, 0.1) is 6.92 Å². The molecular formula is C13H19ClN6O. The van der Waals surface area contributed by atoms with Gasteiger partial charge in [-0.05, 0) is 6.92 Å². The number of H-pyrrole nitrogens is 1. The number of amides is 1. The van der Waals surface area contributed by atoms with E-state index in [1.54, 1.807) is 12.4 Å². The highest BCUT2D eigenvalue weighted by atomic mass is 35.5. The fourth-order valence-corrected chi connectivity index (χ4v) is 2.60. The average Bonchev–Trinajstić information content (AvgIpc) is 3.06. The quantitative estimate of drug-likeness (QED) is 0.854. The van der Waals surface area contributed by atoms with Crippen LogP contribution >= 0.6 is 12.4 Å². The van der Waals surface area contributed by atoms with E-state index in [4.69, 9.17) is 0 Å². The smallest absolute Gasteiger partial charge is 0.258 e. The van der Waals surface area contributed by atoms with Crippen molar-refractivity contribution in [3.63, 3.8) is 0 Å². The van der Waals surface area contributed by atoms with Crippen molar-refractivity contribution in [2.75, 3.05) is 19.6 Å². The fourth-order valence-electron chi connectivity index (χ4n) is 2.60. The van der Waals surface area contributed by atoms with Gasteiger partial charge in [-0.3, -0.25) is 9.89 Å². The summed E-state index contributed by atoms with van der Waals surface area (Å²) in [5.41, 5.74) is 1.43. The van der Waals surface area contributed by atoms with Gasteiger partial charge in [0.15, 0.2) is 0 Å². The van der Waals surface area contributed by atoms with Crippen LogP contribution in [0.25, 0.3) is 0 Å². The second-order valence-electron chi connectivity index (χ2n) is 5.02. The molecule has 3 rings (SSSR count). The number of hydrogen-bond acceptors (Lipinski definition) is 4. The molecule has 1 aliphatic rings. The van der Waals surface area contributed by atoms with Gasteiger partial charge in [-0.25, -0.2) is 4.98 Å². The lowest BCUT2D eigenvalue weighted by Gasteiger charge is -2.35. The molecule has 2 aromatic heterocycles. The number of aryl methyl sites for hydroxylation is 2. The van der Waals surface area contributed by atoms with Crippen LogP contribution in [0.4, 0.5) is 0 Å². The first-order valence-corrected chi connectivity index (χ1v) is 6.67. The summed E-state index contributed by atoms with van der Waals surface area (Å²) in [7, 11) is 1.95. The van der Waals surface area contributed by atoms with Gasteiger partial charge >= 0.3 is 0 Å². The number of halogens is 1. The Bertz CT molecular complexity index is 622. The Morgan fingerprint density at radius 2 is 2.29 bits per heavy atom. The number of hydrogen-bond donors (Lipinski definition) is 2. The molecule has 1 saturated heterocycles. The van der Waals surface area contributed by atoms with Crippen molar-refractivity contribution in [3.05, 3.63) is 35.7 Å². The standard InChI is InChI=1S/C13H18N6O.ClH/c1-9-10(7-16-17-9)13(20)19-6-3-14-8-11(19)12-15-4-5-18(12)2;/h4-5,7,11,14H,3,6,8H2,1-2H3,(H,16,17);1H. The lowest BCUT2D eigenvalue weighted by atomic mass is 10.1. The highest BCUT2D eigenvalue weighted by molar-refractivity contribution is 5.95. The second-order valence-corrected chi connectivity index (χ2v) is 5.02. The number of aromatic amines is 1. The van der Waals surface area contributed by atoms with Gasteiger partial charge in [0.25, 0.3) is 5.91 Å². The average molecular weight is 311 g/mol. The predicted octanol–water partition coefficient (Wildman–Crippen LogP) is 0.660. The number of nitrogens with zero attached hydrogens (tertiary/aromatic N) is 4. The summed E-state index contributed by atoms with van der Waals surface area (Å²) in [4.78, 5) is 19.0. The Balaban J connectivity index is 0.00000161. The normalized spacial score (nSPS) is 18.4. The molecule has 1 amide bonds. The summed E-state index contributed by atoms with van der Waals surface area (Å²) >= 11 is 0. The van der Waals surface area contributed by atoms with Crippen LogP contribution in [0.3, 0.4) is 0 Å². The molecule has 21 heavy (non-hydrogen) atoms. The largest absolute Gasteiger partial charge is 0.336 e.